The smallest absolute Gasteiger partial charge is 0.111 e. The highest BCUT2D eigenvalue weighted by atomic mass is 35.5. The third-order valence-electron chi connectivity index (χ3n) is 1.98. The first kappa shape index (κ1) is 10.8. The monoisotopic (exact) mass is 219 g/mol. The van der Waals surface area contributed by atoms with E-state index in [1.807, 2.05) is 4.90 Å². The molecule has 0 aliphatic carbocycles. The minimum absolute atomic E-state index is 0.0980. The summed E-state index contributed by atoms with van der Waals surface area (Å²) < 4.78 is 0. The van der Waals surface area contributed by atoms with Gasteiger partial charge < -0.3 is 5.32 Å². The summed E-state index contributed by atoms with van der Waals surface area (Å²) >= 11 is 11.2. The third kappa shape index (κ3) is 3.17. The molecular formula is C8H11Cl2N3. The molecule has 5 heteroatoms. The molecule has 3 nitrogen and oxygen atoms in total. The standard InChI is InChI=1S/C8H11Cl2N3/c9-3-7(10)6-13-2-1-12-5-8(13)4-11/h3,8,12H,1-2,5-6H2. The highest BCUT2D eigenvalue weighted by Crippen LogP contribution is 2.10. The molecule has 0 aromatic rings. The molecule has 1 N–H and O–H groups in total. The molecule has 1 aliphatic rings. The topological polar surface area (TPSA) is 39.1 Å². The zero-order valence-corrected chi connectivity index (χ0v) is 8.65. The molecule has 0 radical (unpaired) electrons. The number of hydrogen-bond donors (Lipinski definition) is 1. The number of nitrogens with one attached hydrogen (secondary N) is 1. The fraction of sp³-hybridized carbons (Fsp3) is 0.625. The van der Waals surface area contributed by atoms with Gasteiger partial charge >= 0.3 is 0 Å². The average Bonchev–Trinajstić information content (AvgIpc) is 2.18. The zero-order valence-electron chi connectivity index (χ0n) is 7.13. The van der Waals surface area contributed by atoms with Gasteiger partial charge in [-0.15, -0.1) is 0 Å². The summed E-state index contributed by atoms with van der Waals surface area (Å²) in [5, 5.41) is 12.5. The third-order valence-corrected chi connectivity index (χ3v) is 2.58. The van der Waals surface area contributed by atoms with Gasteiger partial charge in [0.1, 0.15) is 6.04 Å². The van der Waals surface area contributed by atoms with Crippen molar-refractivity contribution in [1.29, 1.82) is 5.26 Å². The first-order valence-electron chi connectivity index (χ1n) is 4.07. The number of rotatable bonds is 2. The summed E-state index contributed by atoms with van der Waals surface area (Å²) in [7, 11) is 0. The molecule has 1 rings (SSSR count). The van der Waals surface area contributed by atoms with E-state index in [0.29, 0.717) is 18.1 Å². The van der Waals surface area contributed by atoms with Crippen LogP contribution in [0.2, 0.25) is 0 Å². The first-order valence-corrected chi connectivity index (χ1v) is 4.88. The van der Waals surface area contributed by atoms with Crippen molar-refractivity contribution in [3.63, 3.8) is 0 Å². The molecule has 72 valence electrons. The summed E-state index contributed by atoms with van der Waals surface area (Å²) in [6.07, 6.45) is 0. The van der Waals surface area contributed by atoms with E-state index in [9.17, 15) is 0 Å². The van der Waals surface area contributed by atoms with Gasteiger partial charge in [-0.25, -0.2) is 0 Å². The lowest BCUT2D eigenvalue weighted by molar-refractivity contribution is 0.216. The SMILES string of the molecule is N#CC1CNCCN1CC(Cl)=CCl. The van der Waals surface area contributed by atoms with Crippen molar-refractivity contribution in [3.05, 3.63) is 10.6 Å². The predicted molar refractivity (Wildman–Crippen MR) is 53.6 cm³/mol. The highest BCUT2D eigenvalue weighted by molar-refractivity contribution is 6.36. The van der Waals surface area contributed by atoms with Crippen molar-refractivity contribution < 1.29 is 0 Å². The van der Waals surface area contributed by atoms with E-state index in [1.54, 1.807) is 0 Å². The van der Waals surface area contributed by atoms with Crippen LogP contribution in [0.15, 0.2) is 10.6 Å². The quantitative estimate of drug-likeness (QED) is 0.757. The minimum atomic E-state index is -0.0980. The van der Waals surface area contributed by atoms with Crippen LogP contribution in [0.4, 0.5) is 0 Å². The Morgan fingerprint density at radius 1 is 1.77 bits per heavy atom. The molecule has 0 amide bonds. The first-order chi connectivity index (χ1) is 6.27. The van der Waals surface area contributed by atoms with Gasteiger partial charge in [-0.2, -0.15) is 5.26 Å². The number of piperazine rings is 1. The molecule has 0 bridgehead atoms. The molecule has 1 saturated heterocycles. The Balaban J connectivity index is 2.51. The van der Waals surface area contributed by atoms with Gasteiger partial charge in [0, 0.05) is 36.7 Å². The number of nitriles is 1. The molecule has 0 aromatic heterocycles. The molecule has 0 saturated carbocycles. The van der Waals surface area contributed by atoms with E-state index < -0.39 is 0 Å². The van der Waals surface area contributed by atoms with Crippen molar-refractivity contribution >= 4 is 23.2 Å². The Labute approximate surface area is 87.9 Å². The van der Waals surface area contributed by atoms with Gasteiger partial charge in [-0.1, -0.05) is 23.2 Å². The van der Waals surface area contributed by atoms with Crippen LogP contribution in [-0.2, 0) is 0 Å². The number of hydrogen-bond acceptors (Lipinski definition) is 3. The second-order valence-electron chi connectivity index (χ2n) is 2.88. The van der Waals surface area contributed by atoms with Crippen molar-refractivity contribution in [1.82, 2.24) is 10.2 Å². The van der Waals surface area contributed by atoms with E-state index in [4.69, 9.17) is 28.5 Å². The molecule has 1 aliphatic heterocycles. The van der Waals surface area contributed by atoms with E-state index in [2.05, 4.69) is 11.4 Å². The molecule has 0 aromatic carbocycles. The molecule has 13 heavy (non-hydrogen) atoms. The number of halogens is 2. The van der Waals surface area contributed by atoms with E-state index in [1.165, 1.54) is 5.54 Å². The fourth-order valence-electron chi connectivity index (χ4n) is 1.29. The van der Waals surface area contributed by atoms with E-state index in [-0.39, 0.29) is 6.04 Å². The van der Waals surface area contributed by atoms with Crippen LogP contribution >= 0.6 is 23.2 Å². The summed E-state index contributed by atoms with van der Waals surface area (Å²) in [4.78, 5) is 2.01. The van der Waals surface area contributed by atoms with Gasteiger partial charge in [-0.3, -0.25) is 4.90 Å². The van der Waals surface area contributed by atoms with Crippen LogP contribution in [0, 0.1) is 11.3 Å². The fourth-order valence-corrected chi connectivity index (χ4v) is 1.51. The maximum absolute atomic E-state index is 8.82. The van der Waals surface area contributed by atoms with Crippen molar-refractivity contribution in [2.24, 2.45) is 0 Å². The normalized spacial score (nSPS) is 25.6. The Morgan fingerprint density at radius 2 is 2.54 bits per heavy atom. The second-order valence-corrected chi connectivity index (χ2v) is 3.58. The molecule has 1 atom stereocenters. The van der Waals surface area contributed by atoms with Gasteiger partial charge in [0.25, 0.3) is 0 Å². The van der Waals surface area contributed by atoms with Crippen molar-refractivity contribution in [2.45, 2.75) is 6.04 Å². The maximum Gasteiger partial charge on any atom is 0.111 e. The van der Waals surface area contributed by atoms with Gasteiger partial charge in [0.05, 0.1) is 6.07 Å². The average molecular weight is 220 g/mol. The summed E-state index contributed by atoms with van der Waals surface area (Å²) in [6.45, 7) is 2.98. The zero-order chi connectivity index (χ0) is 9.68. The second kappa shape index (κ2) is 5.46. The van der Waals surface area contributed by atoms with Crippen LogP contribution in [0.1, 0.15) is 0 Å². The van der Waals surface area contributed by atoms with E-state index in [0.717, 1.165) is 13.1 Å². The van der Waals surface area contributed by atoms with Gasteiger partial charge in [-0.05, 0) is 0 Å². The molecular weight excluding hydrogens is 209 g/mol. The van der Waals surface area contributed by atoms with E-state index >= 15 is 0 Å². The molecule has 1 fully saturated rings. The highest BCUT2D eigenvalue weighted by Gasteiger charge is 2.21. The summed E-state index contributed by atoms with van der Waals surface area (Å²) in [6, 6.07) is 2.12. The Kier molecular flexibility index (Phi) is 4.54. The molecule has 1 unspecified atom stereocenters. The van der Waals surface area contributed by atoms with Crippen LogP contribution in [0.3, 0.4) is 0 Å². The summed E-state index contributed by atoms with van der Waals surface area (Å²) in [5.74, 6) is 0. The Bertz CT molecular complexity index is 234. The van der Waals surface area contributed by atoms with Gasteiger partial charge in [0.15, 0.2) is 0 Å². The van der Waals surface area contributed by atoms with Crippen LogP contribution in [0.25, 0.3) is 0 Å². The lowest BCUT2D eigenvalue weighted by Crippen LogP contribution is -2.50. The van der Waals surface area contributed by atoms with Crippen LogP contribution < -0.4 is 5.32 Å². The lowest BCUT2D eigenvalue weighted by atomic mass is 10.2. The predicted octanol–water partition coefficient (Wildman–Crippen LogP) is 1.10. The van der Waals surface area contributed by atoms with Crippen LogP contribution in [-0.4, -0.2) is 37.1 Å². The molecule has 1 heterocycles. The number of nitrogens with zero attached hydrogens (tertiary/aromatic N) is 2. The Hall–Kier alpha value is -0.270. The Morgan fingerprint density at radius 3 is 3.15 bits per heavy atom. The van der Waals surface area contributed by atoms with Crippen molar-refractivity contribution in [3.8, 4) is 6.07 Å². The largest absolute Gasteiger partial charge is 0.313 e. The summed E-state index contributed by atoms with van der Waals surface area (Å²) in [5.41, 5.74) is 1.35. The van der Waals surface area contributed by atoms with Crippen LogP contribution in [0.5, 0.6) is 0 Å². The maximum atomic E-state index is 8.82. The lowest BCUT2D eigenvalue weighted by Gasteiger charge is -2.31. The van der Waals surface area contributed by atoms with Crippen molar-refractivity contribution in [2.75, 3.05) is 26.2 Å². The minimum Gasteiger partial charge on any atom is -0.313 e. The van der Waals surface area contributed by atoms with Gasteiger partial charge in [0.2, 0.25) is 0 Å². The molecule has 0 spiro atoms.